The van der Waals surface area contributed by atoms with Crippen LogP contribution in [0.4, 0.5) is 10.8 Å². The first kappa shape index (κ1) is 21.2. The molecule has 4 rings (SSSR count). The van der Waals surface area contributed by atoms with Gasteiger partial charge in [0, 0.05) is 17.0 Å². The van der Waals surface area contributed by atoms with Crippen molar-refractivity contribution in [1.82, 2.24) is 10.2 Å². The average molecular weight is 453 g/mol. The molecule has 0 saturated carbocycles. The molecule has 0 aliphatic carbocycles. The first-order valence-electron chi connectivity index (χ1n) is 9.63. The number of amides is 1. The Morgan fingerprint density at radius 1 is 1.19 bits per heavy atom. The third-order valence-electron chi connectivity index (χ3n) is 4.56. The monoisotopic (exact) mass is 452 g/mol. The fourth-order valence-corrected chi connectivity index (χ4v) is 4.72. The summed E-state index contributed by atoms with van der Waals surface area (Å²) in [5, 5.41) is 11.2. The molecule has 0 radical (unpaired) electrons. The van der Waals surface area contributed by atoms with Crippen molar-refractivity contribution in [3.05, 3.63) is 59.2 Å². The topological polar surface area (TPSA) is 93.5 Å². The van der Waals surface area contributed by atoms with E-state index in [2.05, 4.69) is 20.5 Å². The van der Waals surface area contributed by atoms with Gasteiger partial charge < -0.3 is 4.74 Å². The number of para-hydroxylation sites is 1. The van der Waals surface area contributed by atoms with Gasteiger partial charge in [-0.05, 0) is 37.6 Å². The molecule has 0 fully saturated rings. The van der Waals surface area contributed by atoms with E-state index < -0.39 is 0 Å². The smallest absolute Gasteiger partial charge is 0.264 e. The van der Waals surface area contributed by atoms with E-state index in [4.69, 9.17) is 4.74 Å². The largest absolute Gasteiger partial charge is 0.483 e. The summed E-state index contributed by atoms with van der Waals surface area (Å²) in [6.07, 6.45) is 0.308. The van der Waals surface area contributed by atoms with Gasteiger partial charge in [-0.15, -0.1) is 10.2 Å². The molecular formula is C22H20N4O3S2. The van der Waals surface area contributed by atoms with Crippen molar-refractivity contribution in [2.24, 2.45) is 4.99 Å². The molecule has 1 aliphatic heterocycles. The Kier molecular flexibility index (Phi) is 6.43. The highest BCUT2D eigenvalue weighted by molar-refractivity contribution is 8.01. The molecule has 0 spiro atoms. The Balaban J connectivity index is 1.30. The number of nitrogens with zero attached hydrogens (tertiary/aromatic N) is 3. The van der Waals surface area contributed by atoms with Crippen LogP contribution in [-0.4, -0.2) is 40.0 Å². The summed E-state index contributed by atoms with van der Waals surface area (Å²) in [6.45, 7) is 3.78. The molecule has 9 heteroatoms. The molecular weight excluding hydrogens is 432 g/mol. The van der Waals surface area contributed by atoms with Gasteiger partial charge in [-0.25, -0.2) is 0 Å². The predicted octanol–water partition coefficient (Wildman–Crippen LogP) is 4.62. The van der Waals surface area contributed by atoms with Crippen molar-refractivity contribution in [2.75, 3.05) is 17.7 Å². The van der Waals surface area contributed by atoms with E-state index in [9.17, 15) is 9.59 Å². The van der Waals surface area contributed by atoms with E-state index >= 15 is 0 Å². The number of aromatic nitrogens is 2. The Bertz CT molecular complexity index is 1170. The molecule has 7 nitrogen and oxygen atoms in total. The fourth-order valence-electron chi connectivity index (χ4n) is 3.03. The number of carbonyl (C=O) groups excluding carboxylic acids is 2. The fraction of sp³-hybridized carbons (Fsp3) is 0.227. The number of hydrogen-bond acceptors (Lipinski definition) is 8. The van der Waals surface area contributed by atoms with Crippen LogP contribution >= 0.6 is 23.1 Å². The summed E-state index contributed by atoms with van der Waals surface area (Å²) in [7, 11) is 0. The highest BCUT2D eigenvalue weighted by Crippen LogP contribution is 2.30. The SMILES string of the molecule is Cc1ccc2c(c1)C(=O)CC(CSc1nnc(NC(=O)COc3ccccc3C)s1)=N2. The third kappa shape index (κ3) is 5.36. The standard InChI is InChI=1S/C22H20N4O3S2/c1-13-7-8-17-16(9-13)18(27)10-15(23-17)12-30-22-26-25-21(31-22)24-20(28)11-29-19-6-4-3-5-14(19)2/h3-9H,10-12H2,1-2H3,(H,24,25,28). The van der Waals surface area contributed by atoms with Gasteiger partial charge in [-0.1, -0.05) is 52.9 Å². The molecule has 0 unspecified atom stereocenters. The lowest BCUT2D eigenvalue weighted by atomic mass is 9.99. The zero-order chi connectivity index (χ0) is 21.8. The lowest BCUT2D eigenvalue weighted by Crippen LogP contribution is -2.20. The Morgan fingerprint density at radius 3 is 2.87 bits per heavy atom. The van der Waals surface area contributed by atoms with Crippen LogP contribution in [0.15, 0.2) is 51.8 Å². The second-order valence-electron chi connectivity index (χ2n) is 7.06. The van der Waals surface area contributed by atoms with Crippen molar-refractivity contribution >= 4 is 51.3 Å². The molecule has 158 valence electrons. The molecule has 0 atom stereocenters. The lowest BCUT2D eigenvalue weighted by molar-refractivity contribution is -0.118. The number of benzene rings is 2. The summed E-state index contributed by atoms with van der Waals surface area (Å²) >= 11 is 2.72. The summed E-state index contributed by atoms with van der Waals surface area (Å²) in [4.78, 5) is 29.1. The van der Waals surface area contributed by atoms with E-state index in [0.717, 1.165) is 22.5 Å². The van der Waals surface area contributed by atoms with E-state index in [0.29, 0.717) is 33.0 Å². The number of Topliss-reactive ketones (excluding diaryl/α,β-unsaturated/α-hetero) is 1. The van der Waals surface area contributed by atoms with Gasteiger partial charge in [0.2, 0.25) is 5.13 Å². The maximum absolute atomic E-state index is 12.4. The average Bonchev–Trinajstić information content (AvgIpc) is 3.19. The van der Waals surface area contributed by atoms with E-state index in [1.54, 1.807) is 0 Å². The predicted molar refractivity (Wildman–Crippen MR) is 123 cm³/mol. The molecule has 2 aromatic carbocycles. The van der Waals surface area contributed by atoms with Gasteiger partial charge in [-0.2, -0.15) is 0 Å². The van der Waals surface area contributed by atoms with Crippen molar-refractivity contribution in [1.29, 1.82) is 0 Å². The van der Waals surface area contributed by atoms with Crippen molar-refractivity contribution in [3.8, 4) is 5.75 Å². The number of rotatable bonds is 7. The number of carbonyl (C=O) groups is 2. The van der Waals surface area contributed by atoms with Gasteiger partial charge in [-0.3, -0.25) is 19.9 Å². The Morgan fingerprint density at radius 2 is 2.03 bits per heavy atom. The van der Waals surface area contributed by atoms with Crippen molar-refractivity contribution in [3.63, 3.8) is 0 Å². The number of ketones is 1. The lowest BCUT2D eigenvalue weighted by Gasteiger charge is -2.14. The normalized spacial score (nSPS) is 12.8. The molecule has 0 bridgehead atoms. The minimum Gasteiger partial charge on any atom is -0.483 e. The quantitative estimate of drug-likeness (QED) is 0.415. The van der Waals surface area contributed by atoms with Crippen LogP contribution in [0.25, 0.3) is 0 Å². The number of hydrogen-bond donors (Lipinski definition) is 1. The highest BCUT2D eigenvalue weighted by Gasteiger charge is 2.20. The summed E-state index contributed by atoms with van der Waals surface area (Å²) in [5.74, 6) is 0.997. The van der Waals surface area contributed by atoms with Gasteiger partial charge in [0.1, 0.15) is 5.75 Å². The van der Waals surface area contributed by atoms with E-state index in [1.807, 2.05) is 56.3 Å². The number of thioether (sulfide) groups is 1. The van der Waals surface area contributed by atoms with E-state index in [1.165, 1.54) is 23.1 Å². The minimum atomic E-state index is -0.301. The second-order valence-corrected chi connectivity index (χ2v) is 9.26. The first-order chi connectivity index (χ1) is 15.0. The summed E-state index contributed by atoms with van der Waals surface area (Å²) in [5.41, 5.74) is 4.22. The summed E-state index contributed by atoms with van der Waals surface area (Å²) < 4.78 is 6.24. The molecule has 0 saturated heterocycles. The van der Waals surface area contributed by atoms with Crippen LogP contribution in [0.2, 0.25) is 0 Å². The third-order valence-corrected chi connectivity index (χ3v) is 6.61. The van der Waals surface area contributed by atoms with Gasteiger partial charge in [0.15, 0.2) is 16.7 Å². The Hall–Kier alpha value is -3.04. The maximum atomic E-state index is 12.4. The van der Waals surface area contributed by atoms with Crippen LogP contribution in [-0.2, 0) is 4.79 Å². The number of aliphatic imine (C=N–C) groups is 1. The maximum Gasteiger partial charge on any atom is 0.264 e. The number of anilines is 1. The van der Waals surface area contributed by atoms with Crippen LogP contribution in [0.5, 0.6) is 5.75 Å². The van der Waals surface area contributed by atoms with E-state index in [-0.39, 0.29) is 18.3 Å². The highest BCUT2D eigenvalue weighted by atomic mass is 32.2. The molecule has 1 amide bonds. The number of fused-ring (bicyclic) bond motifs is 1. The molecule has 1 aromatic heterocycles. The van der Waals surface area contributed by atoms with Crippen LogP contribution in [0.3, 0.4) is 0 Å². The van der Waals surface area contributed by atoms with Crippen molar-refractivity contribution < 1.29 is 14.3 Å². The molecule has 1 aliphatic rings. The summed E-state index contributed by atoms with van der Waals surface area (Å²) in [6, 6.07) is 13.2. The van der Waals surface area contributed by atoms with Gasteiger partial charge in [0.05, 0.1) is 12.1 Å². The van der Waals surface area contributed by atoms with Crippen LogP contribution in [0.1, 0.15) is 27.9 Å². The van der Waals surface area contributed by atoms with Gasteiger partial charge in [0.25, 0.3) is 5.91 Å². The van der Waals surface area contributed by atoms with Crippen LogP contribution < -0.4 is 10.1 Å². The number of aryl methyl sites for hydroxylation is 2. The zero-order valence-corrected chi connectivity index (χ0v) is 18.7. The minimum absolute atomic E-state index is 0.0863. The first-order valence-corrected chi connectivity index (χ1v) is 11.4. The zero-order valence-electron chi connectivity index (χ0n) is 17.0. The number of ether oxygens (including phenoxy) is 1. The molecule has 1 N–H and O–H groups in total. The van der Waals surface area contributed by atoms with Crippen LogP contribution in [0, 0.1) is 13.8 Å². The van der Waals surface area contributed by atoms with Gasteiger partial charge >= 0.3 is 0 Å². The van der Waals surface area contributed by atoms with Crippen molar-refractivity contribution in [2.45, 2.75) is 24.6 Å². The number of nitrogens with one attached hydrogen (secondary N) is 1. The molecule has 2 heterocycles. The second kappa shape index (κ2) is 9.40. The molecule has 3 aromatic rings. The Labute approximate surface area is 188 Å². The molecule has 31 heavy (non-hydrogen) atoms.